The van der Waals surface area contributed by atoms with Crippen LogP contribution in [0.4, 0.5) is 5.69 Å². The summed E-state index contributed by atoms with van der Waals surface area (Å²) >= 11 is 0. The third-order valence-corrected chi connectivity index (χ3v) is 8.19. The number of rotatable bonds is 6. The first-order valence-corrected chi connectivity index (χ1v) is 12.7. The van der Waals surface area contributed by atoms with Gasteiger partial charge < -0.3 is 41.5 Å². The van der Waals surface area contributed by atoms with E-state index in [4.69, 9.17) is 5.73 Å². The van der Waals surface area contributed by atoms with E-state index in [0.29, 0.717) is 12.1 Å². The smallest absolute Gasteiger partial charge is 0.255 e. The van der Waals surface area contributed by atoms with E-state index in [1.165, 1.54) is 31.1 Å². The summed E-state index contributed by atoms with van der Waals surface area (Å²) in [7, 11) is 6.52. The van der Waals surface area contributed by atoms with Gasteiger partial charge in [0.05, 0.1) is 29.3 Å². The molecule has 0 heterocycles. The number of primary amides is 1. The van der Waals surface area contributed by atoms with Crippen molar-refractivity contribution in [3.05, 3.63) is 45.9 Å². The maximum absolute atomic E-state index is 13.9. The Labute approximate surface area is 230 Å². The summed E-state index contributed by atoms with van der Waals surface area (Å²) in [6.07, 6.45) is -1.57. The Kier molecular flexibility index (Phi) is 7.30. The lowest BCUT2D eigenvalue weighted by Gasteiger charge is -2.53. The quantitative estimate of drug-likeness (QED) is 0.175. The van der Waals surface area contributed by atoms with Crippen LogP contribution in [0.3, 0.4) is 0 Å². The molecule has 0 bridgehead atoms. The fourth-order valence-electron chi connectivity index (χ4n) is 6.26. The Morgan fingerprint density at radius 3 is 2.27 bits per heavy atom. The molecule has 0 aliphatic heterocycles. The van der Waals surface area contributed by atoms with Crippen molar-refractivity contribution in [2.24, 2.45) is 17.6 Å². The first kappa shape index (κ1) is 29.2. The molecule has 2 amide bonds. The number of ketones is 2. The van der Waals surface area contributed by atoms with Crippen molar-refractivity contribution in [1.29, 1.82) is 0 Å². The number of anilines is 1. The molecule has 6 atom stereocenters. The molecule has 0 fully saturated rings. The molecule has 0 radical (unpaired) electrons. The maximum Gasteiger partial charge on any atom is 0.255 e. The third-order valence-electron chi connectivity index (χ3n) is 8.19. The van der Waals surface area contributed by atoms with Gasteiger partial charge in [-0.3, -0.25) is 24.1 Å². The van der Waals surface area contributed by atoms with Gasteiger partial charge in [0.2, 0.25) is 11.7 Å². The molecule has 40 heavy (non-hydrogen) atoms. The number of aliphatic hydroxyl groups excluding tert-OH is 3. The number of aliphatic hydroxyl groups is 4. The Bertz CT molecular complexity index is 1380. The second-order valence-electron chi connectivity index (χ2n) is 11.1. The zero-order valence-corrected chi connectivity index (χ0v) is 22.8. The number of hydrogen-bond donors (Lipinski definition) is 7. The van der Waals surface area contributed by atoms with E-state index >= 15 is 0 Å². The molecule has 1 aromatic carbocycles. The number of amides is 2. The number of benzene rings is 1. The van der Waals surface area contributed by atoms with Gasteiger partial charge in [-0.15, -0.1) is 0 Å². The lowest BCUT2D eigenvalue weighted by molar-refractivity contribution is -0.162. The minimum absolute atomic E-state index is 0.0557. The zero-order chi connectivity index (χ0) is 30.0. The highest BCUT2D eigenvalue weighted by atomic mass is 16.4. The van der Waals surface area contributed by atoms with Crippen LogP contribution < -0.4 is 11.1 Å². The van der Waals surface area contributed by atoms with E-state index in [-0.39, 0.29) is 17.7 Å². The first-order valence-electron chi connectivity index (χ1n) is 12.7. The lowest BCUT2D eigenvalue weighted by atomic mass is 9.55. The number of likely N-dealkylation sites (N-methyl/N-ethyl adjacent to an activating group) is 1. The standard InChI is InChI=1S/C27H34N4O9/c1-10-11-6-7-12(29-13(32)8-9-30(2)3)20(33)15(11)21(34)16-14(10)22(35)18-19(31(4)5)23(36)17(26(28)39)25(38)27(18,40)24(16)37/h6-7,10,14,18-19,22,33,35-37,40H,8-9H2,1-5H3,(H2,28,39)(H,29,32)/t10?,14?,18?,19-,22?,27?/m0/s1. The Hall–Kier alpha value is -3.78. The fourth-order valence-corrected chi connectivity index (χ4v) is 6.26. The predicted molar refractivity (Wildman–Crippen MR) is 142 cm³/mol. The summed E-state index contributed by atoms with van der Waals surface area (Å²) in [5, 5.41) is 59.2. The number of nitrogens with one attached hydrogen (secondary N) is 1. The predicted octanol–water partition coefficient (Wildman–Crippen LogP) is -0.457. The van der Waals surface area contributed by atoms with Gasteiger partial charge in [0.15, 0.2) is 17.1 Å². The average molecular weight is 559 g/mol. The van der Waals surface area contributed by atoms with Gasteiger partial charge in [-0.2, -0.15) is 0 Å². The number of phenolic OH excluding ortho intramolecular Hbond substituents is 1. The lowest BCUT2D eigenvalue weighted by Crippen LogP contribution is -2.68. The molecule has 0 saturated carbocycles. The van der Waals surface area contributed by atoms with Gasteiger partial charge >= 0.3 is 0 Å². The van der Waals surface area contributed by atoms with Crippen molar-refractivity contribution >= 4 is 29.1 Å². The van der Waals surface area contributed by atoms with Crippen LogP contribution in [0.1, 0.15) is 35.2 Å². The van der Waals surface area contributed by atoms with Crippen LogP contribution in [0.2, 0.25) is 0 Å². The molecular weight excluding hydrogens is 524 g/mol. The molecule has 3 aliphatic rings. The van der Waals surface area contributed by atoms with Crippen LogP contribution in [0, 0.1) is 11.8 Å². The summed E-state index contributed by atoms with van der Waals surface area (Å²) in [5.74, 6) is -10.2. The normalized spacial score (nSPS) is 29.9. The van der Waals surface area contributed by atoms with Gasteiger partial charge in [0.1, 0.15) is 17.1 Å². The van der Waals surface area contributed by atoms with Crippen molar-refractivity contribution in [2.45, 2.75) is 37.0 Å². The van der Waals surface area contributed by atoms with E-state index < -0.39 is 87.3 Å². The summed E-state index contributed by atoms with van der Waals surface area (Å²) in [6.45, 7) is 2.07. The number of aromatic hydroxyl groups is 1. The van der Waals surface area contributed by atoms with Crippen LogP contribution in [0.15, 0.2) is 34.8 Å². The van der Waals surface area contributed by atoms with Gasteiger partial charge in [0, 0.05) is 24.5 Å². The molecule has 216 valence electrons. The van der Waals surface area contributed by atoms with Gasteiger partial charge in [-0.05, 0) is 45.7 Å². The summed E-state index contributed by atoms with van der Waals surface area (Å²) in [4.78, 5) is 54.9. The Balaban J connectivity index is 1.89. The molecule has 8 N–H and O–H groups in total. The molecule has 1 aromatic rings. The highest BCUT2D eigenvalue weighted by molar-refractivity contribution is 6.25. The zero-order valence-electron chi connectivity index (χ0n) is 22.8. The molecule has 0 spiro atoms. The number of carbonyl (C=O) groups excluding carboxylic acids is 4. The minimum atomic E-state index is -2.99. The highest BCUT2D eigenvalue weighted by Crippen LogP contribution is 2.56. The average Bonchev–Trinajstić information content (AvgIpc) is 2.86. The number of nitrogens with zero attached hydrogens (tertiary/aromatic N) is 2. The van der Waals surface area contributed by atoms with Crippen molar-refractivity contribution in [1.82, 2.24) is 9.80 Å². The highest BCUT2D eigenvalue weighted by Gasteiger charge is 2.67. The minimum Gasteiger partial charge on any atom is -0.510 e. The number of hydrogen-bond acceptors (Lipinski definition) is 11. The first-order chi connectivity index (χ1) is 18.6. The number of fused-ring (bicyclic) bond motifs is 3. The maximum atomic E-state index is 13.9. The van der Waals surface area contributed by atoms with E-state index in [2.05, 4.69) is 5.32 Å². The summed E-state index contributed by atoms with van der Waals surface area (Å²) in [5.41, 5.74) is 0.834. The summed E-state index contributed by atoms with van der Waals surface area (Å²) < 4.78 is 0. The second kappa shape index (κ2) is 10.0. The van der Waals surface area contributed by atoms with Crippen LogP contribution in [-0.2, 0) is 14.4 Å². The Morgan fingerprint density at radius 1 is 1.10 bits per heavy atom. The van der Waals surface area contributed by atoms with E-state index in [1.807, 2.05) is 0 Å². The van der Waals surface area contributed by atoms with Crippen molar-refractivity contribution in [3.8, 4) is 5.75 Å². The third kappa shape index (κ3) is 4.08. The van der Waals surface area contributed by atoms with Gasteiger partial charge in [0.25, 0.3) is 5.91 Å². The number of Topliss-reactive ketones (excluding diaryl/α,β-unsaturated/α-hetero) is 2. The van der Waals surface area contributed by atoms with E-state index in [1.54, 1.807) is 25.9 Å². The fraction of sp³-hybridized carbons (Fsp3) is 0.481. The topological polar surface area (TPSA) is 214 Å². The SMILES string of the molecule is CC1c2ccc(NC(=O)CCN(C)C)c(O)c2C(=O)C2=C(O)C3(O)C(=O)C(C(N)=O)=C(O)[C@@H](N(C)C)C3C(O)C21. The number of phenols is 1. The molecule has 0 aromatic heterocycles. The van der Waals surface area contributed by atoms with Gasteiger partial charge in [-0.1, -0.05) is 13.0 Å². The number of carbonyl (C=O) groups is 4. The van der Waals surface area contributed by atoms with Crippen molar-refractivity contribution in [3.63, 3.8) is 0 Å². The van der Waals surface area contributed by atoms with E-state index in [9.17, 15) is 44.7 Å². The van der Waals surface area contributed by atoms with Crippen LogP contribution >= 0.6 is 0 Å². The molecule has 4 rings (SSSR count). The Morgan fingerprint density at radius 2 is 1.73 bits per heavy atom. The van der Waals surface area contributed by atoms with E-state index in [0.717, 1.165) is 0 Å². The second-order valence-corrected chi connectivity index (χ2v) is 11.1. The molecule has 5 unspecified atom stereocenters. The van der Waals surface area contributed by atoms with Crippen LogP contribution in [-0.4, -0.2) is 111 Å². The van der Waals surface area contributed by atoms with Crippen LogP contribution in [0.25, 0.3) is 0 Å². The number of nitrogens with two attached hydrogens (primary N) is 1. The monoisotopic (exact) mass is 558 g/mol. The van der Waals surface area contributed by atoms with Crippen molar-refractivity contribution in [2.75, 3.05) is 40.1 Å². The van der Waals surface area contributed by atoms with Gasteiger partial charge in [-0.25, -0.2) is 0 Å². The molecule has 13 heteroatoms. The molecule has 3 aliphatic carbocycles. The van der Waals surface area contributed by atoms with Crippen LogP contribution in [0.5, 0.6) is 5.75 Å². The molecular formula is C27H34N4O9. The largest absolute Gasteiger partial charge is 0.510 e. The molecule has 0 saturated heterocycles. The molecule has 13 nitrogen and oxygen atoms in total. The van der Waals surface area contributed by atoms with Crippen molar-refractivity contribution < 1.29 is 44.7 Å². The summed E-state index contributed by atoms with van der Waals surface area (Å²) in [6, 6.07) is 1.60.